The second-order valence-corrected chi connectivity index (χ2v) is 4.64. The van der Waals surface area contributed by atoms with Crippen molar-refractivity contribution < 1.29 is 4.74 Å². The Labute approximate surface area is 118 Å². The first kappa shape index (κ1) is 13.8. The molecule has 0 radical (unpaired) electrons. The molecule has 2 aromatic rings. The van der Waals surface area contributed by atoms with Crippen molar-refractivity contribution in [2.75, 3.05) is 13.7 Å². The van der Waals surface area contributed by atoms with E-state index >= 15 is 0 Å². The molecule has 1 aromatic heterocycles. The van der Waals surface area contributed by atoms with Crippen LogP contribution in [0.3, 0.4) is 0 Å². The number of aromatic nitrogens is 1. The van der Waals surface area contributed by atoms with Gasteiger partial charge in [0.2, 0.25) is 0 Å². The van der Waals surface area contributed by atoms with E-state index in [-0.39, 0.29) is 6.04 Å². The molecular formula is C15H17ClN2O. The molecule has 0 aliphatic heterocycles. The molecule has 1 atom stereocenters. The molecule has 2 rings (SSSR count). The Balaban J connectivity index is 2.35. The number of nitrogens with zero attached hydrogens (tertiary/aromatic N) is 1. The Morgan fingerprint density at radius 3 is 2.58 bits per heavy atom. The molecule has 1 aromatic carbocycles. The molecule has 1 unspecified atom stereocenters. The van der Waals surface area contributed by atoms with Crippen LogP contribution in [-0.2, 0) is 0 Å². The average molecular weight is 277 g/mol. The molecule has 100 valence electrons. The van der Waals surface area contributed by atoms with E-state index in [1.54, 1.807) is 13.3 Å². The third-order valence-corrected chi connectivity index (χ3v) is 3.17. The second-order valence-electron chi connectivity index (χ2n) is 4.20. The summed E-state index contributed by atoms with van der Waals surface area (Å²) >= 11 is 5.93. The Morgan fingerprint density at radius 1 is 1.21 bits per heavy atom. The predicted octanol–water partition coefficient (Wildman–Crippen LogP) is 3.44. The van der Waals surface area contributed by atoms with Crippen LogP contribution in [0.1, 0.15) is 24.1 Å². The highest BCUT2D eigenvalue weighted by Gasteiger charge is 2.13. The van der Waals surface area contributed by atoms with Gasteiger partial charge in [-0.1, -0.05) is 30.7 Å². The number of benzene rings is 1. The third kappa shape index (κ3) is 3.46. The molecule has 0 fully saturated rings. The number of nitrogens with one attached hydrogen (secondary N) is 1. The average Bonchev–Trinajstić information content (AvgIpc) is 2.46. The summed E-state index contributed by atoms with van der Waals surface area (Å²) in [6, 6.07) is 9.92. The molecule has 0 spiro atoms. The summed E-state index contributed by atoms with van der Waals surface area (Å²) in [5, 5.41) is 4.19. The van der Waals surface area contributed by atoms with Gasteiger partial charge in [0.15, 0.2) is 0 Å². The van der Waals surface area contributed by atoms with Gasteiger partial charge in [-0.25, -0.2) is 0 Å². The quantitative estimate of drug-likeness (QED) is 0.908. The molecule has 0 bridgehead atoms. The van der Waals surface area contributed by atoms with Gasteiger partial charge in [-0.3, -0.25) is 4.98 Å². The van der Waals surface area contributed by atoms with Crippen LogP contribution in [0.15, 0.2) is 42.7 Å². The van der Waals surface area contributed by atoms with E-state index in [0.717, 1.165) is 28.4 Å². The van der Waals surface area contributed by atoms with E-state index < -0.39 is 0 Å². The van der Waals surface area contributed by atoms with E-state index in [9.17, 15) is 0 Å². The summed E-state index contributed by atoms with van der Waals surface area (Å²) < 4.78 is 5.23. The zero-order valence-corrected chi connectivity index (χ0v) is 11.8. The smallest absolute Gasteiger partial charge is 0.137 e. The topological polar surface area (TPSA) is 34.2 Å². The van der Waals surface area contributed by atoms with Gasteiger partial charge >= 0.3 is 0 Å². The van der Waals surface area contributed by atoms with Crippen LogP contribution in [0.2, 0.25) is 5.02 Å². The van der Waals surface area contributed by atoms with Crippen molar-refractivity contribution in [3.8, 4) is 5.75 Å². The van der Waals surface area contributed by atoms with E-state index in [4.69, 9.17) is 16.3 Å². The fourth-order valence-electron chi connectivity index (χ4n) is 1.99. The predicted molar refractivity (Wildman–Crippen MR) is 77.8 cm³/mol. The molecule has 19 heavy (non-hydrogen) atoms. The maximum atomic E-state index is 5.93. The minimum atomic E-state index is 0.0878. The molecule has 0 aliphatic rings. The Morgan fingerprint density at radius 2 is 1.95 bits per heavy atom. The lowest BCUT2D eigenvalue weighted by Gasteiger charge is -2.19. The van der Waals surface area contributed by atoms with Crippen molar-refractivity contribution in [3.05, 3.63) is 58.9 Å². The van der Waals surface area contributed by atoms with Crippen molar-refractivity contribution in [1.82, 2.24) is 10.3 Å². The number of hydrogen-bond donors (Lipinski definition) is 1. The van der Waals surface area contributed by atoms with Gasteiger partial charge in [0, 0.05) is 11.2 Å². The lowest BCUT2D eigenvalue weighted by Crippen LogP contribution is -2.22. The second kappa shape index (κ2) is 6.55. The standard InChI is InChI=1S/C15H17ClN2O/c1-3-18-15(11-4-6-13(16)7-5-11)12-8-14(19-2)10-17-9-12/h4-10,15,18H,3H2,1-2H3. The highest BCUT2D eigenvalue weighted by Crippen LogP contribution is 2.25. The van der Waals surface area contributed by atoms with E-state index in [0.29, 0.717) is 0 Å². The Hall–Kier alpha value is -1.58. The van der Waals surface area contributed by atoms with Crippen LogP contribution < -0.4 is 10.1 Å². The first-order valence-electron chi connectivity index (χ1n) is 6.22. The van der Waals surface area contributed by atoms with Gasteiger partial charge < -0.3 is 10.1 Å². The van der Waals surface area contributed by atoms with Crippen molar-refractivity contribution in [1.29, 1.82) is 0 Å². The normalized spacial score (nSPS) is 12.2. The van der Waals surface area contributed by atoms with Crippen molar-refractivity contribution in [2.45, 2.75) is 13.0 Å². The largest absolute Gasteiger partial charge is 0.495 e. The first-order chi connectivity index (χ1) is 9.24. The van der Waals surface area contributed by atoms with Crippen LogP contribution in [0, 0.1) is 0 Å². The molecule has 3 nitrogen and oxygen atoms in total. The summed E-state index contributed by atoms with van der Waals surface area (Å²) in [5.41, 5.74) is 2.23. The fourth-order valence-corrected chi connectivity index (χ4v) is 2.12. The minimum absolute atomic E-state index is 0.0878. The van der Waals surface area contributed by atoms with E-state index in [2.05, 4.69) is 17.2 Å². The summed E-state index contributed by atoms with van der Waals surface area (Å²) in [7, 11) is 1.64. The summed E-state index contributed by atoms with van der Waals surface area (Å²) in [6.45, 7) is 2.95. The van der Waals surface area contributed by atoms with Gasteiger partial charge in [-0.05, 0) is 35.9 Å². The molecule has 0 aliphatic carbocycles. The van der Waals surface area contributed by atoms with Gasteiger partial charge in [-0.15, -0.1) is 0 Å². The third-order valence-electron chi connectivity index (χ3n) is 2.91. The zero-order valence-electron chi connectivity index (χ0n) is 11.1. The lowest BCUT2D eigenvalue weighted by molar-refractivity contribution is 0.411. The highest BCUT2D eigenvalue weighted by molar-refractivity contribution is 6.30. The van der Waals surface area contributed by atoms with Gasteiger partial charge in [0.05, 0.1) is 19.3 Å². The van der Waals surface area contributed by atoms with E-state index in [1.165, 1.54) is 0 Å². The number of rotatable bonds is 5. The molecule has 0 saturated carbocycles. The molecule has 1 heterocycles. The molecule has 0 amide bonds. The van der Waals surface area contributed by atoms with Crippen LogP contribution >= 0.6 is 11.6 Å². The van der Waals surface area contributed by atoms with Crippen LogP contribution in [0.5, 0.6) is 5.75 Å². The molecule has 0 saturated heterocycles. The lowest BCUT2D eigenvalue weighted by atomic mass is 10.00. The van der Waals surface area contributed by atoms with E-state index in [1.807, 2.05) is 36.5 Å². The minimum Gasteiger partial charge on any atom is -0.495 e. The maximum absolute atomic E-state index is 5.93. The SMILES string of the molecule is CCNC(c1ccc(Cl)cc1)c1cncc(OC)c1. The summed E-state index contributed by atoms with van der Waals surface area (Å²) in [5.74, 6) is 0.759. The van der Waals surface area contributed by atoms with Crippen molar-refractivity contribution >= 4 is 11.6 Å². The molecular weight excluding hydrogens is 260 g/mol. The van der Waals surface area contributed by atoms with Gasteiger partial charge in [0.1, 0.15) is 5.75 Å². The first-order valence-corrected chi connectivity index (χ1v) is 6.60. The number of halogens is 1. The Kier molecular flexibility index (Phi) is 4.77. The number of hydrogen-bond acceptors (Lipinski definition) is 3. The summed E-state index contributed by atoms with van der Waals surface area (Å²) in [4.78, 5) is 4.21. The van der Waals surface area contributed by atoms with Crippen molar-refractivity contribution in [2.24, 2.45) is 0 Å². The molecule has 1 N–H and O–H groups in total. The molecule has 4 heteroatoms. The van der Waals surface area contributed by atoms with Crippen LogP contribution in [-0.4, -0.2) is 18.6 Å². The Bertz CT molecular complexity index is 528. The fraction of sp³-hybridized carbons (Fsp3) is 0.267. The van der Waals surface area contributed by atoms with Crippen LogP contribution in [0.4, 0.5) is 0 Å². The highest BCUT2D eigenvalue weighted by atomic mass is 35.5. The van der Waals surface area contributed by atoms with Crippen LogP contribution in [0.25, 0.3) is 0 Å². The summed E-state index contributed by atoms with van der Waals surface area (Å²) in [6.07, 6.45) is 3.55. The zero-order chi connectivity index (χ0) is 13.7. The van der Waals surface area contributed by atoms with Gasteiger partial charge in [0.25, 0.3) is 0 Å². The number of methoxy groups -OCH3 is 1. The number of ether oxygens (including phenoxy) is 1. The number of pyridine rings is 1. The van der Waals surface area contributed by atoms with Gasteiger partial charge in [-0.2, -0.15) is 0 Å². The van der Waals surface area contributed by atoms with Crippen molar-refractivity contribution in [3.63, 3.8) is 0 Å². The maximum Gasteiger partial charge on any atom is 0.137 e. The monoisotopic (exact) mass is 276 g/mol.